The molecule has 0 atom stereocenters. The fourth-order valence-corrected chi connectivity index (χ4v) is 2.23. The smallest absolute Gasteiger partial charge is 0.151 e. The number of aromatic nitrogens is 2. The molecule has 0 aliphatic heterocycles. The number of aliphatic hydroxyl groups is 1. The number of rotatable bonds is 5. The summed E-state index contributed by atoms with van der Waals surface area (Å²) in [5.41, 5.74) is 1.55. The highest BCUT2D eigenvalue weighted by atomic mass is 19.1. The molecule has 0 bridgehead atoms. The Morgan fingerprint density at radius 2 is 1.85 bits per heavy atom. The van der Waals surface area contributed by atoms with Crippen LogP contribution in [-0.2, 0) is 0 Å². The maximum Gasteiger partial charge on any atom is 0.151 e. The Morgan fingerprint density at radius 1 is 1.10 bits per heavy atom. The summed E-state index contributed by atoms with van der Waals surface area (Å²) in [6.45, 7) is 0.688. The predicted molar refractivity (Wildman–Crippen MR) is 74.9 cm³/mol. The van der Waals surface area contributed by atoms with Gasteiger partial charge < -0.3 is 10.0 Å². The zero-order chi connectivity index (χ0) is 13.9. The van der Waals surface area contributed by atoms with Crippen LogP contribution in [0.4, 0.5) is 10.2 Å². The Kier molecular flexibility index (Phi) is 3.60. The second-order valence-electron chi connectivity index (χ2n) is 4.93. The lowest BCUT2D eigenvalue weighted by Crippen LogP contribution is -2.29. The van der Waals surface area contributed by atoms with Gasteiger partial charge in [-0.1, -0.05) is 0 Å². The molecule has 0 spiro atoms. The molecule has 1 N–H and O–H groups in total. The highest BCUT2D eigenvalue weighted by Crippen LogP contribution is 2.30. The molecule has 1 aromatic carbocycles. The highest BCUT2D eigenvalue weighted by molar-refractivity contribution is 5.59. The summed E-state index contributed by atoms with van der Waals surface area (Å²) in [6, 6.07) is 10.5. The molecule has 20 heavy (non-hydrogen) atoms. The largest absolute Gasteiger partial charge is 0.395 e. The second kappa shape index (κ2) is 5.54. The number of benzene rings is 1. The van der Waals surface area contributed by atoms with Crippen molar-refractivity contribution in [2.45, 2.75) is 18.9 Å². The van der Waals surface area contributed by atoms with Crippen molar-refractivity contribution >= 4 is 5.82 Å². The lowest BCUT2D eigenvalue weighted by atomic mass is 10.1. The van der Waals surface area contributed by atoms with E-state index in [2.05, 4.69) is 15.1 Å². The van der Waals surface area contributed by atoms with Crippen LogP contribution in [0.2, 0.25) is 0 Å². The average Bonchev–Trinajstić information content (AvgIpc) is 3.31. The first kappa shape index (κ1) is 13.0. The summed E-state index contributed by atoms with van der Waals surface area (Å²) in [5, 5.41) is 17.5. The number of halogens is 1. The predicted octanol–water partition coefficient (Wildman–Crippen LogP) is 2.24. The lowest BCUT2D eigenvalue weighted by molar-refractivity contribution is 0.301. The third-order valence-electron chi connectivity index (χ3n) is 3.41. The van der Waals surface area contributed by atoms with E-state index in [1.54, 1.807) is 12.1 Å². The molecule has 1 aliphatic carbocycles. The summed E-state index contributed by atoms with van der Waals surface area (Å²) in [7, 11) is 0. The van der Waals surface area contributed by atoms with Crippen molar-refractivity contribution in [3.05, 3.63) is 42.2 Å². The van der Waals surface area contributed by atoms with Gasteiger partial charge in [0.15, 0.2) is 5.82 Å². The maximum absolute atomic E-state index is 12.9. The third kappa shape index (κ3) is 2.77. The molecule has 2 aromatic rings. The number of aliphatic hydroxyl groups excluding tert-OH is 1. The Labute approximate surface area is 116 Å². The topological polar surface area (TPSA) is 49.2 Å². The van der Waals surface area contributed by atoms with Crippen LogP contribution in [0.15, 0.2) is 36.4 Å². The quantitative estimate of drug-likeness (QED) is 0.907. The summed E-state index contributed by atoms with van der Waals surface area (Å²) in [5.74, 6) is 0.522. The Morgan fingerprint density at radius 3 is 2.40 bits per heavy atom. The van der Waals surface area contributed by atoms with Crippen LogP contribution in [-0.4, -0.2) is 34.5 Å². The van der Waals surface area contributed by atoms with Crippen LogP contribution in [0, 0.1) is 5.82 Å². The normalized spacial score (nSPS) is 14.3. The molecule has 0 unspecified atom stereocenters. The number of hydrogen-bond donors (Lipinski definition) is 1. The number of hydrogen-bond acceptors (Lipinski definition) is 4. The molecule has 1 aliphatic rings. The molecule has 0 radical (unpaired) electrons. The lowest BCUT2D eigenvalue weighted by Gasteiger charge is -2.21. The van der Waals surface area contributed by atoms with Gasteiger partial charge in [0, 0.05) is 18.2 Å². The summed E-state index contributed by atoms with van der Waals surface area (Å²) < 4.78 is 12.9. The molecule has 0 amide bonds. The molecule has 3 rings (SSSR count). The van der Waals surface area contributed by atoms with E-state index in [1.165, 1.54) is 12.1 Å². The van der Waals surface area contributed by atoms with Gasteiger partial charge in [-0.15, -0.1) is 10.2 Å². The maximum atomic E-state index is 12.9. The second-order valence-corrected chi connectivity index (χ2v) is 4.93. The van der Waals surface area contributed by atoms with E-state index in [9.17, 15) is 4.39 Å². The van der Waals surface area contributed by atoms with Crippen LogP contribution in [0.25, 0.3) is 11.3 Å². The van der Waals surface area contributed by atoms with Crippen molar-refractivity contribution in [2.75, 3.05) is 18.1 Å². The molecule has 1 heterocycles. The van der Waals surface area contributed by atoms with E-state index in [4.69, 9.17) is 5.11 Å². The number of nitrogens with zero attached hydrogens (tertiary/aromatic N) is 3. The van der Waals surface area contributed by atoms with E-state index in [1.807, 2.05) is 12.1 Å². The summed E-state index contributed by atoms with van der Waals surface area (Å²) in [4.78, 5) is 2.08. The molecular formula is C15H16FN3O. The van der Waals surface area contributed by atoms with Crippen molar-refractivity contribution in [3.8, 4) is 11.3 Å². The Bertz CT molecular complexity index is 567. The van der Waals surface area contributed by atoms with Crippen molar-refractivity contribution in [1.29, 1.82) is 0 Å². The van der Waals surface area contributed by atoms with E-state index in [0.717, 1.165) is 24.2 Å². The van der Waals surface area contributed by atoms with Crippen LogP contribution in [0.5, 0.6) is 0 Å². The van der Waals surface area contributed by atoms with Crippen molar-refractivity contribution < 1.29 is 9.50 Å². The highest BCUT2D eigenvalue weighted by Gasteiger charge is 2.29. The van der Waals surface area contributed by atoms with Gasteiger partial charge in [-0.3, -0.25) is 0 Å². The molecular weight excluding hydrogens is 257 g/mol. The minimum atomic E-state index is -0.263. The summed E-state index contributed by atoms with van der Waals surface area (Å²) in [6.07, 6.45) is 2.28. The van der Waals surface area contributed by atoms with Gasteiger partial charge in [0.25, 0.3) is 0 Å². The Hall–Kier alpha value is -2.01. The molecule has 1 fully saturated rings. The van der Waals surface area contributed by atoms with Crippen molar-refractivity contribution in [2.24, 2.45) is 0 Å². The van der Waals surface area contributed by atoms with Gasteiger partial charge >= 0.3 is 0 Å². The van der Waals surface area contributed by atoms with Gasteiger partial charge in [-0.25, -0.2) is 4.39 Å². The Balaban J connectivity index is 1.81. The molecule has 0 saturated heterocycles. The van der Waals surface area contributed by atoms with Gasteiger partial charge in [0.2, 0.25) is 0 Å². The van der Waals surface area contributed by atoms with Crippen molar-refractivity contribution in [1.82, 2.24) is 10.2 Å². The van der Waals surface area contributed by atoms with E-state index in [0.29, 0.717) is 18.3 Å². The van der Waals surface area contributed by atoms with E-state index < -0.39 is 0 Å². The molecule has 4 nitrogen and oxygen atoms in total. The SMILES string of the molecule is OCCN(c1ccc(-c2ccc(F)cc2)nn1)C1CC1. The van der Waals surface area contributed by atoms with Crippen LogP contribution in [0.1, 0.15) is 12.8 Å². The third-order valence-corrected chi connectivity index (χ3v) is 3.41. The van der Waals surface area contributed by atoms with E-state index in [-0.39, 0.29) is 12.4 Å². The average molecular weight is 273 g/mol. The molecule has 1 aromatic heterocycles. The van der Waals surface area contributed by atoms with Crippen molar-refractivity contribution in [3.63, 3.8) is 0 Å². The molecule has 1 saturated carbocycles. The van der Waals surface area contributed by atoms with Gasteiger partial charge in [0.05, 0.1) is 12.3 Å². The fraction of sp³-hybridized carbons (Fsp3) is 0.333. The van der Waals surface area contributed by atoms with E-state index >= 15 is 0 Å². The van der Waals surface area contributed by atoms with Crippen LogP contribution in [0.3, 0.4) is 0 Å². The minimum absolute atomic E-state index is 0.109. The first-order valence-corrected chi connectivity index (χ1v) is 6.75. The van der Waals surface area contributed by atoms with Crippen LogP contribution >= 0.6 is 0 Å². The molecule has 104 valence electrons. The zero-order valence-corrected chi connectivity index (χ0v) is 11.0. The monoisotopic (exact) mass is 273 g/mol. The minimum Gasteiger partial charge on any atom is -0.395 e. The fourth-order valence-electron chi connectivity index (χ4n) is 2.23. The summed E-state index contributed by atoms with van der Waals surface area (Å²) >= 11 is 0. The zero-order valence-electron chi connectivity index (χ0n) is 11.0. The van der Waals surface area contributed by atoms with Gasteiger partial charge in [-0.05, 0) is 49.2 Å². The first-order valence-electron chi connectivity index (χ1n) is 6.75. The van der Waals surface area contributed by atoms with Crippen LogP contribution < -0.4 is 4.90 Å². The first-order chi connectivity index (χ1) is 9.78. The van der Waals surface area contributed by atoms with Gasteiger partial charge in [-0.2, -0.15) is 0 Å². The van der Waals surface area contributed by atoms with Gasteiger partial charge in [0.1, 0.15) is 5.82 Å². The number of anilines is 1. The molecule has 5 heteroatoms. The standard InChI is InChI=1S/C15H16FN3O/c16-12-3-1-11(2-4-12)14-7-8-15(18-17-14)19(9-10-20)13-5-6-13/h1-4,7-8,13,20H,5-6,9-10H2.